The van der Waals surface area contributed by atoms with Crippen LogP contribution in [0.4, 0.5) is 0 Å². The molecule has 1 unspecified atom stereocenters. The average molecular weight is 373 g/mol. The fraction of sp³-hybridized carbons (Fsp3) is 0.250. The summed E-state index contributed by atoms with van der Waals surface area (Å²) in [6.07, 6.45) is 5.69. The maximum Gasteiger partial charge on any atom is 0.119 e. The van der Waals surface area contributed by atoms with Crippen LogP contribution in [-0.4, -0.2) is 16.2 Å². The fourth-order valence-electron chi connectivity index (χ4n) is 2.56. The number of nitrogens with zero attached hydrogens (tertiary/aromatic N) is 2. The van der Waals surface area contributed by atoms with E-state index in [0.717, 1.165) is 23.1 Å². The Morgan fingerprint density at radius 1 is 1.12 bits per heavy atom. The number of imidazole rings is 1. The Kier molecular flexibility index (Phi) is 6.42. The summed E-state index contributed by atoms with van der Waals surface area (Å²) >= 11 is 7.90. The minimum absolute atomic E-state index is 0.334. The van der Waals surface area contributed by atoms with Crippen molar-refractivity contribution in [1.29, 1.82) is 0 Å². The Labute approximate surface area is 158 Å². The van der Waals surface area contributed by atoms with Crippen molar-refractivity contribution in [1.82, 2.24) is 9.55 Å². The summed E-state index contributed by atoms with van der Waals surface area (Å²) in [4.78, 5) is 4.15. The molecular formula is C20H21ClN2OS. The summed E-state index contributed by atoms with van der Waals surface area (Å²) in [6.45, 7) is 3.56. The molecule has 5 heteroatoms. The van der Waals surface area contributed by atoms with Crippen LogP contribution in [0, 0.1) is 0 Å². The number of hydrogen-bond acceptors (Lipinski definition) is 3. The molecule has 25 heavy (non-hydrogen) atoms. The number of thioether (sulfide) groups is 1. The van der Waals surface area contributed by atoms with Crippen LogP contribution in [-0.2, 0) is 12.3 Å². The van der Waals surface area contributed by atoms with Crippen molar-refractivity contribution in [3.63, 3.8) is 0 Å². The molecule has 1 heterocycles. The molecule has 0 aliphatic carbocycles. The minimum atomic E-state index is 0.334. The average Bonchev–Trinajstić information content (AvgIpc) is 3.14. The van der Waals surface area contributed by atoms with E-state index in [1.807, 2.05) is 61.7 Å². The van der Waals surface area contributed by atoms with E-state index >= 15 is 0 Å². The number of aromatic nitrogens is 2. The highest BCUT2D eigenvalue weighted by Gasteiger charge is 2.13. The molecular weight excluding hydrogens is 352 g/mol. The first-order valence-electron chi connectivity index (χ1n) is 8.29. The Balaban J connectivity index is 1.73. The van der Waals surface area contributed by atoms with Gasteiger partial charge in [0.2, 0.25) is 0 Å². The third kappa shape index (κ3) is 5.28. The maximum absolute atomic E-state index is 5.98. The lowest BCUT2D eigenvalue weighted by atomic mass is 10.1. The van der Waals surface area contributed by atoms with E-state index in [-0.39, 0.29) is 0 Å². The zero-order chi connectivity index (χ0) is 17.5. The first-order chi connectivity index (χ1) is 12.2. The topological polar surface area (TPSA) is 27.1 Å². The van der Waals surface area contributed by atoms with Gasteiger partial charge in [-0.1, -0.05) is 35.9 Å². The molecule has 0 fully saturated rings. The molecule has 0 N–H and O–H groups in total. The van der Waals surface area contributed by atoms with Crippen molar-refractivity contribution < 1.29 is 4.74 Å². The maximum atomic E-state index is 5.98. The molecule has 0 amide bonds. The summed E-state index contributed by atoms with van der Waals surface area (Å²) in [5.41, 5.74) is 2.56. The first-order valence-corrected chi connectivity index (χ1v) is 9.72. The summed E-state index contributed by atoms with van der Waals surface area (Å²) in [5, 5.41) is 1.11. The normalized spacial score (nSPS) is 12.1. The Morgan fingerprint density at radius 3 is 2.52 bits per heavy atom. The van der Waals surface area contributed by atoms with Gasteiger partial charge in [0.25, 0.3) is 0 Å². The number of benzene rings is 2. The lowest BCUT2D eigenvalue weighted by Crippen LogP contribution is -2.05. The van der Waals surface area contributed by atoms with Gasteiger partial charge >= 0.3 is 0 Å². The number of halogens is 1. The van der Waals surface area contributed by atoms with Crippen molar-refractivity contribution in [3.05, 3.63) is 83.4 Å². The van der Waals surface area contributed by atoms with Crippen LogP contribution in [0.3, 0.4) is 0 Å². The second-order valence-corrected chi connectivity index (χ2v) is 7.32. The third-order valence-corrected chi connectivity index (χ3v) is 5.44. The smallest absolute Gasteiger partial charge is 0.119 e. The van der Waals surface area contributed by atoms with Crippen molar-refractivity contribution in [2.45, 2.75) is 24.5 Å². The fourth-order valence-corrected chi connectivity index (χ4v) is 3.90. The molecule has 130 valence electrons. The van der Waals surface area contributed by atoms with Gasteiger partial charge in [-0.05, 0) is 42.3 Å². The highest BCUT2D eigenvalue weighted by atomic mass is 35.5. The van der Waals surface area contributed by atoms with Gasteiger partial charge in [0.15, 0.2) is 0 Å². The van der Waals surface area contributed by atoms with Crippen LogP contribution >= 0.6 is 23.4 Å². The summed E-state index contributed by atoms with van der Waals surface area (Å²) in [6, 6.07) is 16.5. The SMILES string of the molecule is CCOc1ccc(C(Cn2ccnc2)SCc2ccc(Cl)cc2)cc1. The van der Waals surface area contributed by atoms with Crippen LogP contribution in [0.2, 0.25) is 5.02 Å². The Hall–Kier alpha value is -1.91. The van der Waals surface area contributed by atoms with Crippen LogP contribution < -0.4 is 4.74 Å². The van der Waals surface area contributed by atoms with Gasteiger partial charge in [0.05, 0.1) is 12.9 Å². The highest BCUT2D eigenvalue weighted by Crippen LogP contribution is 2.34. The summed E-state index contributed by atoms with van der Waals surface area (Å²) in [7, 11) is 0. The van der Waals surface area contributed by atoms with E-state index in [9.17, 15) is 0 Å². The van der Waals surface area contributed by atoms with E-state index in [0.29, 0.717) is 11.9 Å². The zero-order valence-electron chi connectivity index (χ0n) is 14.1. The molecule has 1 atom stereocenters. The lowest BCUT2D eigenvalue weighted by molar-refractivity contribution is 0.340. The molecule has 3 nitrogen and oxygen atoms in total. The van der Waals surface area contributed by atoms with Crippen molar-refractivity contribution >= 4 is 23.4 Å². The lowest BCUT2D eigenvalue weighted by Gasteiger charge is -2.18. The van der Waals surface area contributed by atoms with Crippen LogP contribution in [0.1, 0.15) is 23.3 Å². The van der Waals surface area contributed by atoms with Crippen molar-refractivity contribution in [3.8, 4) is 5.75 Å². The standard InChI is InChI=1S/C20H21ClN2OS/c1-2-24-19-9-5-17(6-10-19)20(13-23-12-11-22-15-23)25-14-16-3-7-18(21)8-4-16/h3-12,15,20H,2,13-14H2,1H3. The molecule has 0 radical (unpaired) electrons. The molecule has 0 aliphatic heterocycles. The number of hydrogen-bond donors (Lipinski definition) is 0. The van der Waals surface area contributed by atoms with E-state index in [4.69, 9.17) is 16.3 Å². The van der Waals surface area contributed by atoms with Crippen molar-refractivity contribution in [2.24, 2.45) is 0 Å². The Morgan fingerprint density at radius 2 is 1.88 bits per heavy atom. The molecule has 0 aliphatic rings. The van der Waals surface area contributed by atoms with Gasteiger partial charge in [-0.15, -0.1) is 11.8 Å². The predicted molar refractivity (Wildman–Crippen MR) is 105 cm³/mol. The molecule has 0 spiro atoms. The molecule has 2 aromatic carbocycles. The second-order valence-electron chi connectivity index (χ2n) is 5.69. The van der Waals surface area contributed by atoms with Crippen molar-refractivity contribution in [2.75, 3.05) is 6.61 Å². The van der Waals surface area contributed by atoms with E-state index < -0.39 is 0 Å². The third-order valence-electron chi connectivity index (χ3n) is 3.86. The zero-order valence-corrected chi connectivity index (χ0v) is 15.7. The first kappa shape index (κ1) is 17.9. The molecule has 0 saturated carbocycles. The predicted octanol–water partition coefficient (Wildman–Crippen LogP) is 5.61. The number of ether oxygens (including phenoxy) is 1. The van der Waals surface area contributed by atoms with E-state index in [1.165, 1.54) is 11.1 Å². The Bertz CT molecular complexity index is 757. The summed E-state index contributed by atoms with van der Waals surface area (Å²) in [5.74, 6) is 1.85. The van der Waals surface area contributed by atoms with E-state index in [2.05, 4.69) is 33.8 Å². The molecule has 1 aromatic heterocycles. The van der Waals surface area contributed by atoms with E-state index in [1.54, 1.807) is 0 Å². The van der Waals surface area contributed by atoms with Gasteiger partial charge in [-0.25, -0.2) is 4.98 Å². The van der Waals surface area contributed by atoms with Gasteiger partial charge in [0.1, 0.15) is 5.75 Å². The highest BCUT2D eigenvalue weighted by molar-refractivity contribution is 7.98. The molecule has 3 aromatic rings. The minimum Gasteiger partial charge on any atom is -0.494 e. The largest absolute Gasteiger partial charge is 0.494 e. The summed E-state index contributed by atoms with van der Waals surface area (Å²) < 4.78 is 7.67. The monoisotopic (exact) mass is 372 g/mol. The van der Waals surface area contributed by atoms with Crippen LogP contribution in [0.5, 0.6) is 5.75 Å². The molecule has 0 bridgehead atoms. The second kappa shape index (κ2) is 8.97. The van der Waals surface area contributed by atoms with Gasteiger partial charge in [0, 0.05) is 35.0 Å². The van der Waals surface area contributed by atoms with Gasteiger partial charge in [-0.3, -0.25) is 0 Å². The molecule has 0 saturated heterocycles. The van der Waals surface area contributed by atoms with Crippen LogP contribution in [0.15, 0.2) is 67.3 Å². The number of rotatable bonds is 8. The van der Waals surface area contributed by atoms with Gasteiger partial charge in [-0.2, -0.15) is 0 Å². The van der Waals surface area contributed by atoms with Gasteiger partial charge < -0.3 is 9.30 Å². The quantitative estimate of drug-likeness (QED) is 0.514. The van der Waals surface area contributed by atoms with Crippen LogP contribution in [0.25, 0.3) is 0 Å². The molecule has 3 rings (SSSR count).